The second kappa shape index (κ2) is 12.6. The smallest absolute Gasteiger partial charge is 0.147 e. The van der Waals surface area contributed by atoms with Crippen molar-refractivity contribution in [3.05, 3.63) is 47.6 Å². The van der Waals surface area contributed by atoms with Crippen LogP contribution in [0.5, 0.6) is 0 Å². The second-order valence-electron chi connectivity index (χ2n) is 3.74. The van der Waals surface area contributed by atoms with Gasteiger partial charge in [0.15, 0.2) is 0 Å². The van der Waals surface area contributed by atoms with E-state index < -0.39 is 4.84 Å². The molecule has 0 atom stereocenters. The Morgan fingerprint density at radius 1 is 1.39 bits per heavy atom. The van der Waals surface area contributed by atoms with Crippen LogP contribution in [0.2, 0.25) is 0 Å². The molecule has 0 radical (unpaired) electrons. The Kier molecular flexibility index (Phi) is 14.6. The number of allylic oxidation sites excluding steroid dienone is 8. The minimum atomic E-state index is -0.426. The van der Waals surface area contributed by atoms with Crippen molar-refractivity contribution in [3.8, 4) is 0 Å². The summed E-state index contributed by atoms with van der Waals surface area (Å²) in [5.41, 5.74) is 2.43. The Bertz CT molecular complexity index is 359. The molecule has 1 aliphatic carbocycles. The van der Waals surface area contributed by atoms with Crippen LogP contribution < -0.4 is 0 Å². The molecule has 1 rings (SSSR count). The third kappa shape index (κ3) is 13.0. The maximum atomic E-state index is 5.51. The molecular formula is C14H18Cl3Zr-. The van der Waals surface area contributed by atoms with Gasteiger partial charge in [0.05, 0.1) is 0 Å². The van der Waals surface area contributed by atoms with E-state index in [4.69, 9.17) is 23.2 Å². The fourth-order valence-electron chi connectivity index (χ4n) is 1.07. The maximum absolute atomic E-state index is 5.51. The van der Waals surface area contributed by atoms with Crippen molar-refractivity contribution < 1.29 is 24.2 Å². The minimum absolute atomic E-state index is 0. The van der Waals surface area contributed by atoms with Crippen LogP contribution in [0.15, 0.2) is 41.5 Å². The first-order valence-corrected chi connectivity index (χ1v) is 7.46. The molecule has 18 heavy (non-hydrogen) atoms. The van der Waals surface area contributed by atoms with Gasteiger partial charge < -0.3 is 0 Å². The molecule has 0 spiro atoms. The Balaban J connectivity index is 0. The van der Waals surface area contributed by atoms with Gasteiger partial charge in [-0.05, 0) is 0 Å². The zero-order chi connectivity index (χ0) is 13.3. The predicted octanol–water partition coefficient (Wildman–Crippen LogP) is 5.15. The summed E-state index contributed by atoms with van der Waals surface area (Å²) < 4.78 is 1.51. The van der Waals surface area contributed by atoms with Crippen molar-refractivity contribution >= 4 is 38.8 Å². The summed E-state index contributed by atoms with van der Waals surface area (Å²) in [7, 11) is 0. The van der Waals surface area contributed by atoms with Gasteiger partial charge >= 0.3 is 41.3 Å². The molecule has 0 saturated carbocycles. The Labute approximate surface area is 142 Å². The van der Waals surface area contributed by atoms with Crippen LogP contribution in [0.1, 0.15) is 27.2 Å². The van der Waals surface area contributed by atoms with Gasteiger partial charge in [-0.2, -0.15) is 11.6 Å². The third-order valence-corrected chi connectivity index (χ3v) is 2.06. The quantitative estimate of drug-likeness (QED) is 0.359. The van der Waals surface area contributed by atoms with E-state index in [1.807, 2.05) is 18.2 Å². The Hall–Kier alpha value is 0.583. The molecule has 0 saturated heterocycles. The van der Waals surface area contributed by atoms with Crippen molar-refractivity contribution in [1.29, 1.82) is 0 Å². The number of hydrogen-bond donors (Lipinski definition) is 0. The maximum Gasteiger partial charge on any atom is -0.147 e. The number of alkyl halides is 2. The first kappa shape index (κ1) is 20.9. The van der Waals surface area contributed by atoms with E-state index in [-0.39, 0.29) is 12.4 Å². The fraction of sp³-hybridized carbons (Fsp3) is 0.357. The Morgan fingerprint density at radius 2 is 1.94 bits per heavy atom. The van der Waals surface area contributed by atoms with E-state index in [2.05, 4.69) is 32.9 Å². The fourth-order valence-corrected chi connectivity index (χ4v) is 1.24. The molecule has 0 aromatic rings. The zero-order valence-electron chi connectivity index (χ0n) is 10.8. The summed E-state index contributed by atoms with van der Waals surface area (Å²) in [5.74, 6) is 0. The topological polar surface area (TPSA) is 0 Å². The summed E-state index contributed by atoms with van der Waals surface area (Å²) in [5, 5.41) is 0. The van der Waals surface area contributed by atoms with Crippen LogP contribution in [-0.2, 0) is 24.2 Å². The molecule has 0 amide bonds. The largest absolute Gasteiger partial charge is 0.147 e. The second-order valence-corrected chi connectivity index (χ2v) is 7.37. The Morgan fingerprint density at radius 3 is 2.33 bits per heavy atom. The van der Waals surface area contributed by atoms with Gasteiger partial charge in [-0.15, -0.1) is 48.1 Å². The monoisotopic (exact) mass is 381 g/mol. The molecule has 0 N–H and O–H groups in total. The van der Waals surface area contributed by atoms with Gasteiger partial charge in [0.2, 0.25) is 0 Å². The number of hydrogen-bond acceptors (Lipinski definition) is 0. The van der Waals surface area contributed by atoms with Crippen molar-refractivity contribution in [2.75, 3.05) is 0 Å². The molecule has 0 aliphatic heterocycles. The van der Waals surface area contributed by atoms with E-state index >= 15 is 0 Å². The van der Waals surface area contributed by atoms with Crippen LogP contribution in [0.25, 0.3) is 0 Å². The van der Waals surface area contributed by atoms with Crippen LogP contribution in [0, 0.1) is 6.08 Å². The van der Waals surface area contributed by atoms with Gasteiger partial charge in [-0.25, -0.2) is 5.57 Å². The summed E-state index contributed by atoms with van der Waals surface area (Å²) in [6, 6.07) is 0. The molecule has 0 bridgehead atoms. The zero-order valence-corrected chi connectivity index (χ0v) is 15.6. The van der Waals surface area contributed by atoms with E-state index in [0.29, 0.717) is 0 Å². The summed E-state index contributed by atoms with van der Waals surface area (Å²) in [6.07, 6.45) is 13.8. The predicted molar refractivity (Wildman–Crippen MR) is 82.5 cm³/mol. The van der Waals surface area contributed by atoms with Crippen molar-refractivity contribution in [2.45, 2.75) is 32.0 Å². The van der Waals surface area contributed by atoms with Gasteiger partial charge in [-0.1, -0.05) is 25.2 Å². The van der Waals surface area contributed by atoms with Gasteiger partial charge in [0, 0.05) is 0 Å². The van der Waals surface area contributed by atoms with Gasteiger partial charge in [0.25, 0.3) is 0 Å². The molecule has 0 heterocycles. The molecule has 1 aliphatic rings. The van der Waals surface area contributed by atoms with Crippen molar-refractivity contribution in [3.63, 3.8) is 0 Å². The number of halogens is 3. The SMILES string of the molecule is CC1=[C-]CC=C1C=CC=CC(Cl)Cl.C[C](C)=[Zr].Cl. The molecule has 0 aromatic carbocycles. The third-order valence-electron chi connectivity index (χ3n) is 1.77. The molecule has 0 aromatic heterocycles. The minimum Gasteiger partial charge on any atom is -0.147 e. The molecule has 0 fully saturated rings. The summed E-state index contributed by atoms with van der Waals surface area (Å²) in [6.45, 7) is 6.30. The average molecular weight is 384 g/mol. The summed E-state index contributed by atoms with van der Waals surface area (Å²) in [4.78, 5) is -0.426. The molecule has 0 nitrogen and oxygen atoms in total. The molecule has 100 valence electrons. The van der Waals surface area contributed by atoms with Crippen LogP contribution in [-0.4, -0.2) is 8.04 Å². The van der Waals surface area contributed by atoms with Gasteiger partial charge in [-0.3, -0.25) is 6.08 Å². The molecule has 0 unspecified atom stereocenters. The summed E-state index contributed by atoms with van der Waals surface area (Å²) >= 11 is 12.6. The van der Waals surface area contributed by atoms with Crippen LogP contribution in [0.4, 0.5) is 0 Å². The first-order valence-electron chi connectivity index (χ1n) is 5.36. The van der Waals surface area contributed by atoms with Crippen LogP contribution in [0.3, 0.4) is 0 Å². The van der Waals surface area contributed by atoms with E-state index in [1.165, 1.54) is 14.4 Å². The first-order chi connectivity index (χ1) is 7.93. The van der Waals surface area contributed by atoms with Crippen LogP contribution >= 0.6 is 35.6 Å². The van der Waals surface area contributed by atoms with E-state index in [9.17, 15) is 0 Å². The van der Waals surface area contributed by atoms with E-state index in [1.54, 1.807) is 30.3 Å². The molecular weight excluding hydrogens is 366 g/mol. The molecule has 4 heteroatoms. The van der Waals surface area contributed by atoms with Crippen molar-refractivity contribution in [1.82, 2.24) is 0 Å². The number of rotatable bonds is 3. The standard InChI is InChI=1S/C11H11Cl2.C3H6.ClH.Zr/c1-9-5-4-7-10(9)6-2-3-8-11(12)13;1-3-2;;/h2-3,6-8,11H,4H2,1H3;1-2H3;1H;/q-1;;;. The van der Waals surface area contributed by atoms with E-state index in [0.717, 1.165) is 6.42 Å². The average Bonchev–Trinajstić information content (AvgIpc) is 2.58. The van der Waals surface area contributed by atoms with Crippen molar-refractivity contribution in [2.24, 2.45) is 0 Å². The normalized spacial score (nSPS) is 14.1. The van der Waals surface area contributed by atoms with Gasteiger partial charge in [0.1, 0.15) is 4.84 Å².